The highest BCUT2D eigenvalue weighted by Crippen LogP contribution is 2.13. The molecule has 0 atom stereocenters. The minimum atomic E-state index is 0.819. The van der Waals surface area contributed by atoms with E-state index in [4.69, 9.17) is 9.73 Å². The number of hydrogen-bond acceptors (Lipinski definition) is 4. The van der Waals surface area contributed by atoms with Gasteiger partial charge in [0.25, 0.3) is 0 Å². The molecule has 0 saturated carbocycles. The Morgan fingerprint density at radius 1 is 1.04 bits per heavy atom. The van der Waals surface area contributed by atoms with E-state index in [1.54, 1.807) is 7.11 Å². The molecular weight excluding hydrogens is 338 g/mol. The Hall–Kier alpha value is -1.79. The van der Waals surface area contributed by atoms with Crippen LogP contribution in [-0.2, 0) is 11.2 Å². The Balaban J connectivity index is 2.29. The fourth-order valence-electron chi connectivity index (χ4n) is 2.73. The summed E-state index contributed by atoms with van der Waals surface area (Å²) in [5.74, 6) is 0.908. The Kier molecular flexibility index (Phi) is 12.3. The van der Waals surface area contributed by atoms with Crippen molar-refractivity contribution in [3.63, 3.8) is 0 Å². The standard InChI is InChI=1S/C21H39N5O/c1-6-22-21(24-15-17-26(4)16-8-18-27-5)23-14-7-9-19-10-12-20(13-11-19)25(2)3/h10-13H,6-9,14-18H2,1-5H3,(H2,22,23,24). The van der Waals surface area contributed by atoms with Gasteiger partial charge in [0.2, 0.25) is 0 Å². The summed E-state index contributed by atoms with van der Waals surface area (Å²) < 4.78 is 5.10. The maximum atomic E-state index is 5.10. The highest BCUT2D eigenvalue weighted by atomic mass is 16.5. The van der Waals surface area contributed by atoms with E-state index in [0.717, 1.165) is 64.6 Å². The van der Waals surface area contributed by atoms with Crippen LogP contribution in [0.1, 0.15) is 25.3 Å². The summed E-state index contributed by atoms with van der Waals surface area (Å²) in [6, 6.07) is 8.77. The van der Waals surface area contributed by atoms with Crippen molar-refractivity contribution in [2.75, 3.05) is 72.5 Å². The van der Waals surface area contributed by atoms with E-state index in [2.05, 4.69) is 72.8 Å². The SMILES string of the molecule is CCNC(=NCCCc1ccc(N(C)C)cc1)NCCN(C)CCCOC. The van der Waals surface area contributed by atoms with Crippen molar-refractivity contribution in [1.29, 1.82) is 0 Å². The molecule has 6 heteroatoms. The fraction of sp³-hybridized carbons (Fsp3) is 0.667. The highest BCUT2D eigenvalue weighted by Gasteiger charge is 2.01. The lowest BCUT2D eigenvalue weighted by Crippen LogP contribution is -2.41. The average molecular weight is 378 g/mol. The van der Waals surface area contributed by atoms with Crippen molar-refractivity contribution in [3.05, 3.63) is 29.8 Å². The number of aliphatic imine (C=N–C) groups is 1. The molecule has 154 valence electrons. The minimum Gasteiger partial charge on any atom is -0.385 e. The van der Waals surface area contributed by atoms with Crippen LogP contribution in [0.4, 0.5) is 5.69 Å². The van der Waals surface area contributed by atoms with Crippen LogP contribution in [0.5, 0.6) is 0 Å². The molecule has 0 aromatic heterocycles. The predicted octanol–water partition coefficient (Wildman–Crippen LogP) is 2.21. The van der Waals surface area contributed by atoms with Crippen molar-refractivity contribution in [2.45, 2.75) is 26.2 Å². The second kappa shape index (κ2) is 14.3. The van der Waals surface area contributed by atoms with Crippen molar-refractivity contribution < 1.29 is 4.74 Å². The smallest absolute Gasteiger partial charge is 0.191 e. The van der Waals surface area contributed by atoms with Crippen LogP contribution < -0.4 is 15.5 Å². The number of guanidine groups is 1. The topological polar surface area (TPSA) is 52.1 Å². The molecule has 1 rings (SSSR count). The van der Waals surface area contributed by atoms with E-state index >= 15 is 0 Å². The van der Waals surface area contributed by atoms with Crippen LogP contribution in [0.2, 0.25) is 0 Å². The molecule has 1 aromatic carbocycles. The molecule has 0 aliphatic heterocycles. The number of nitrogens with one attached hydrogen (secondary N) is 2. The molecule has 0 amide bonds. The van der Waals surface area contributed by atoms with Crippen LogP contribution in [0, 0.1) is 0 Å². The third kappa shape index (κ3) is 10.8. The lowest BCUT2D eigenvalue weighted by molar-refractivity contribution is 0.180. The maximum Gasteiger partial charge on any atom is 0.191 e. The van der Waals surface area contributed by atoms with Gasteiger partial charge in [-0.3, -0.25) is 4.99 Å². The van der Waals surface area contributed by atoms with E-state index < -0.39 is 0 Å². The summed E-state index contributed by atoms with van der Waals surface area (Å²) in [6.45, 7) is 7.56. The Bertz CT molecular complexity index is 516. The average Bonchev–Trinajstić information content (AvgIpc) is 2.65. The van der Waals surface area contributed by atoms with E-state index in [-0.39, 0.29) is 0 Å². The number of nitrogens with zero attached hydrogens (tertiary/aromatic N) is 3. The number of benzene rings is 1. The zero-order valence-corrected chi connectivity index (χ0v) is 17.9. The Morgan fingerprint density at radius 2 is 1.78 bits per heavy atom. The van der Waals surface area contributed by atoms with Crippen LogP contribution >= 0.6 is 0 Å². The monoisotopic (exact) mass is 377 g/mol. The summed E-state index contributed by atoms with van der Waals surface area (Å²) in [7, 11) is 8.02. The second-order valence-electron chi connectivity index (χ2n) is 7.00. The van der Waals surface area contributed by atoms with Gasteiger partial charge < -0.3 is 25.2 Å². The molecule has 0 bridgehead atoms. The number of rotatable bonds is 13. The highest BCUT2D eigenvalue weighted by molar-refractivity contribution is 5.79. The van der Waals surface area contributed by atoms with Crippen LogP contribution in [0.25, 0.3) is 0 Å². The summed E-state index contributed by atoms with van der Waals surface area (Å²) in [6.07, 6.45) is 3.17. The van der Waals surface area contributed by atoms with Gasteiger partial charge >= 0.3 is 0 Å². The molecule has 0 aliphatic carbocycles. The normalized spacial score (nSPS) is 11.7. The van der Waals surface area contributed by atoms with Crippen molar-refractivity contribution in [1.82, 2.24) is 15.5 Å². The molecule has 27 heavy (non-hydrogen) atoms. The Morgan fingerprint density at radius 3 is 2.41 bits per heavy atom. The molecule has 0 heterocycles. The molecule has 2 N–H and O–H groups in total. The quantitative estimate of drug-likeness (QED) is 0.314. The van der Waals surface area contributed by atoms with Crippen molar-refractivity contribution >= 4 is 11.6 Å². The minimum absolute atomic E-state index is 0.819. The first kappa shape index (κ1) is 23.2. The Labute approximate surface area is 166 Å². The first-order valence-electron chi connectivity index (χ1n) is 10.0. The third-order valence-electron chi connectivity index (χ3n) is 4.36. The van der Waals surface area contributed by atoms with Gasteiger partial charge in [0, 0.05) is 66.2 Å². The second-order valence-corrected chi connectivity index (χ2v) is 7.00. The number of ether oxygens (including phenoxy) is 1. The predicted molar refractivity (Wildman–Crippen MR) is 117 cm³/mol. The summed E-state index contributed by atoms with van der Waals surface area (Å²) >= 11 is 0. The van der Waals surface area contributed by atoms with Crippen LogP contribution in [0.3, 0.4) is 0 Å². The molecular formula is C21H39N5O. The lowest BCUT2D eigenvalue weighted by Gasteiger charge is -2.18. The van der Waals surface area contributed by atoms with Crippen molar-refractivity contribution in [3.8, 4) is 0 Å². The van der Waals surface area contributed by atoms with Gasteiger partial charge in [-0.15, -0.1) is 0 Å². The fourth-order valence-corrected chi connectivity index (χ4v) is 2.73. The van der Waals surface area contributed by atoms with Gasteiger partial charge in [-0.05, 0) is 50.9 Å². The first-order valence-corrected chi connectivity index (χ1v) is 10.0. The first-order chi connectivity index (χ1) is 13.1. The molecule has 0 spiro atoms. The van der Waals surface area contributed by atoms with Gasteiger partial charge in [-0.2, -0.15) is 0 Å². The molecule has 6 nitrogen and oxygen atoms in total. The number of methoxy groups -OCH3 is 1. The van der Waals surface area contributed by atoms with Gasteiger partial charge in [0.05, 0.1) is 0 Å². The maximum absolute atomic E-state index is 5.10. The van der Waals surface area contributed by atoms with Crippen LogP contribution in [0.15, 0.2) is 29.3 Å². The summed E-state index contributed by atoms with van der Waals surface area (Å²) in [5, 5.41) is 6.74. The molecule has 0 aliphatic rings. The summed E-state index contributed by atoms with van der Waals surface area (Å²) in [5.41, 5.74) is 2.61. The summed E-state index contributed by atoms with van der Waals surface area (Å²) in [4.78, 5) is 9.13. The lowest BCUT2D eigenvalue weighted by atomic mass is 10.1. The molecule has 1 aromatic rings. The van der Waals surface area contributed by atoms with Gasteiger partial charge in [-0.25, -0.2) is 0 Å². The molecule has 0 saturated heterocycles. The zero-order chi connectivity index (χ0) is 19.9. The van der Waals surface area contributed by atoms with E-state index in [0.29, 0.717) is 0 Å². The van der Waals surface area contributed by atoms with Crippen molar-refractivity contribution in [2.24, 2.45) is 4.99 Å². The number of hydrogen-bond donors (Lipinski definition) is 2. The number of likely N-dealkylation sites (N-methyl/N-ethyl adjacent to an activating group) is 1. The van der Waals surface area contributed by atoms with Crippen LogP contribution in [-0.4, -0.2) is 78.4 Å². The van der Waals surface area contributed by atoms with Gasteiger partial charge in [0.15, 0.2) is 5.96 Å². The zero-order valence-electron chi connectivity index (χ0n) is 17.9. The number of aryl methyl sites for hydroxylation is 1. The largest absolute Gasteiger partial charge is 0.385 e. The van der Waals surface area contributed by atoms with E-state index in [1.165, 1.54) is 11.3 Å². The third-order valence-corrected chi connectivity index (χ3v) is 4.36. The van der Waals surface area contributed by atoms with Gasteiger partial charge in [0.1, 0.15) is 0 Å². The van der Waals surface area contributed by atoms with E-state index in [1.807, 2.05) is 0 Å². The van der Waals surface area contributed by atoms with Gasteiger partial charge in [-0.1, -0.05) is 12.1 Å². The molecule has 0 fully saturated rings. The molecule has 0 radical (unpaired) electrons. The van der Waals surface area contributed by atoms with E-state index in [9.17, 15) is 0 Å². The molecule has 0 unspecified atom stereocenters. The number of anilines is 1.